The van der Waals surface area contributed by atoms with E-state index in [0.717, 1.165) is 17.4 Å². The zero-order valence-corrected chi connectivity index (χ0v) is 14.3. The van der Waals surface area contributed by atoms with Crippen molar-refractivity contribution >= 4 is 12.0 Å². The number of carbonyl (C=O) groups is 1. The third-order valence-corrected chi connectivity index (χ3v) is 4.15. The zero-order valence-electron chi connectivity index (χ0n) is 14.3. The highest BCUT2D eigenvalue weighted by atomic mass is 16.7. The van der Waals surface area contributed by atoms with Crippen molar-refractivity contribution in [3.8, 4) is 11.8 Å². The Hall–Kier alpha value is -3.36. The van der Waals surface area contributed by atoms with Gasteiger partial charge in [-0.05, 0) is 48.9 Å². The lowest BCUT2D eigenvalue weighted by molar-refractivity contribution is -0.107. The van der Waals surface area contributed by atoms with Gasteiger partial charge in [-0.2, -0.15) is 5.26 Å². The Morgan fingerprint density at radius 2 is 1.88 bits per heavy atom. The maximum absolute atomic E-state index is 11.8. The van der Waals surface area contributed by atoms with Gasteiger partial charge in [0.15, 0.2) is 12.0 Å². The van der Waals surface area contributed by atoms with Crippen LogP contribution in [0.5, 0.6) is 5.75 Å². The van der Waals surface area contributed by atoms with Gasteiger partial charge in [-0.15, -0.1) is 5.06 Å². The number of hydrogen-bond donors (Lipinski definition) is 1. The maximum Gasteiger partial charge on any atom is 0.163 e. The predicted molar refractivity (Wildman–Crippen MR) is 97.5 cm³/mol. The summed E-state index contributed by atoms with van der Waals surface area (Å²) in [5.41, 5.74) is 2.77. The molecule has 2 aromatic rings. The monoisotopic (exact) mass is 346 g/mol. The highest BCUT2D eigenvalue weighted by Crippen LogP contribution is 2.34. The fourth-order valence-corrected chi connectivity index (χ4v) is 2.85. The molecule has 0 radical (unpaired) electrons. The molecule has 0 aromatic heterocycles. The Kier molecular flexibility index (Phi) is 5.16. The van der Waals surface area contributed by atoms with Gasteiger partial charge >= 0.3 is 0 Å². The molecule has 130 valence electrons. The molecule has 0 saturated carbocycles. The number of hydrogen-bond acceptors (Lipinski definition) is 5. The van der Waals surface area contributed by atoms with Crippen molar-refractivity contribution in [2.45, 2.75) is 19.5 Å². The van der Waals surface area contributed by atoms with Gasteiger partial charge in [0.25, 0.3) is 0 Å². The Morgan fingerprint density at radius 1 is 1.19 bits per heavy atom. The van der Waals surface area contributed by atoms with E-state index in [9.17, 15) is 9.90 Å². The molecule has 1 atom stereocenters. The maximum atomic E-state index is 11.8. The minimum Gasteiger partial charge on any atom is -0.508 e. The molecule has 1 heterocycles. The number of aromatic hydroxyl groups is 1. The first-order valence-corrected chi connectivity index (χ1v) is 8.21. The number of nitrogens with zero attached hydrogens (tertiary/aromatic N) is 2. The molecule has 1 aliphatic rings. The number of aldehydes is 1. The molecular weight excluding hydrogens is 328 g/mol. The van der Waals surface area contributed by atoms with E-state index in [1.165, 1.54) is 0 Å². The highest BCUT2D eigenvalue weighted by molar-refractivity contribution is 5.89. The third-order valence-electron chi connectivity index (χ3n) is 4.15. The largest absolute Gasteiger partial charge is 0.508 e. The van der Waals surface area contributed by atoms with Crippen LogP contribution < -0.4 is 0 Å². The molecule has 0 bridgehead atoms. The van der Waals surface area contributed by atoms with Gasteiger partial charge in [0, 0.05) is 5.56 Å². The molecule has 5 heteroatoms. The average molecular weight is 346 g/mol. The van der Waals surface area contributed by atoms with Gasteiger partial charge < -0.3 is 9.94 Å². The number of carbonyl (C=O) groups excluding carboxylic acids is 1. The van der Waals surface area contributed by atoms with Crippen LogP contribution in [0.25, 0.3) is 5.76 Å². The first kappa shape index (κ1) is 17.5. The average Bonchev–Trinajstić information content (AvgIpc) is 3.01. The van der Waals surface area contributed by atoms with Crippen LogP contribution in [0.15, 0.2) is 66.3 Å². The molecule has 1 N–H and O–H groups in total. The van der Waals surface area contributed by atoms with E-state index in [-0.39, 0.29) is 11.8 Å². The van der Waals surface area contributed by atoms with E-state index < -0.39 is 0 Å². The van der Waals surface area contributed by atoms with Crippen molar-refractivity contribution in [1.29, 1.82) is 5.26 Å². The first-order valence-electron chi connectivity index (χ1n) is 8.21. The normalized spacial score (nSPS) is 17.3. The quantitative estimate of drug-likeness (QED) is 0.662. The molecule has 0 fully saturated rings. The Labute approximate surface area is 152 Å². The van der Waals surface area contributed by atoms with E-state index in [4.69, 9.17) is 10.1 Å². The van der Waals surface area contributed by atoms with Gasteiger partial charge in [-0.25, -0.2) is 0 Å². The van der Waals surface area contributed by atoms with Gasteiger partial charge in [0.05, 0.1) is 29.8 Å². The molecule has 0 spiro atoms. The SMILES string of the molecule is CC=CC1C(C=O)=C(c2ccc(C#N)cc2)ON1Cc1ccc(O)cc1. The molecule has 0 amide bonds. The Morgan fingerprint density at radius 3 is 2.46 bits per heavy atom. The van der Waals surface area contributed by atoms with Crippen LogP contribution in [0.4, 0.5) is 0 Å². The van der Waals surface area contributed by atoms with Crippen molar-refractivity contribution in [3.63, 3.8) is 0 Å². The third kappa shape index (κ3) is 3.51. The Bertz CT molecular complexity index is 890. The number of benzene rings is 2. The highest BCUT2D eigenvalue weighted by Gasteiger charge is 2.34. The van der Waals surface area contributed by atoms with E-state index in [2.05, 4.69) is 6.07 Å². The minimum atomic E-state index is -0.308. The van der Waals surface area contributed by atoms with Crippen molar-refractivity contribution in [3.05, 3.63) is 82.9 Å². The molecule has 1 aliphatic heterocycles. The molecule has 1 unspecified atom stereocenters. The summed E-state index contributed by atoms with van der Waals surface area (Å²) in [6.45, 7) is 2.34. The zero-order chi connectivity index (χ0) is 18.5. The van der Waals surface area contributed by atoms with E-state index in [1.54, 1.807) is 41.5 Å². The van der Waals surface area contributed by atoms with Gasteiger partial charge in [-0.1, -0.05) is 24.3 Å². The number of phenolic OH excluding ortho intramolecular Hbond substituents is 1. The van der Waals surface area contributed by atoms with Crippen LogP contribution in [0.3, 0.4) is 0 Å². The summed E-state index contributed by atoms with van der Waals surface area (Å²) in [6.07, 6.45) is 4.60. The van der Waals surface area contributed by atoms with E-state index in [0.29, 0.717) is 23.4 Å². The number of phenols is 1. The number of allylic oxidation sites excluding steroid dienone is 1. The van der Waals surface area contributed by atoms with Crippen molar-refractivity contribution in [1.82, 2.24) is 5.06 Å². The molecule has 2 aromatic carbocycles. The standard InChI is InChI=1S/C21H18N2O3/c1-2-3-20-19(14-24)21(17-8-4-15(12-22)5-9-17)26-23(20)13-16-6-10-18(25)11-7-16/h2-11,14,20,25H,13H2,1H3. The fraction of sp³-hybridized carbons (Fsp3) is 0.143. The van der Waals surface area contributed by atoms with Crippen molar-refractivity contribution in [2.24, 2.45) is 0 Å². The molecule has 3 rings (SSSR count). The van der Waals surface area contributed by atoms with E-state index in [1.807, 2.05) is 31.2 Å². The molecule has 26 heavy (non-hydrogen) atoms. The number of hydroxylamine groups is 2. The second kappa shape index (κ2) is 7.68. The second-order valence-corrected chi connectivity index (χ2v) is 5.90. The van der Waals surface area contributed by atoms with E-state index >= 15 is 0 Å². The smallest absolute Gasteiger partial charge is 0.163 e. The number of nitriles is 1. The topological polar surface area (TPSA) is 73.6 Å². The van der Waals surface area contributed by atoms with Crippen molar-refractivity contribution < 1.29 is 14.7 Å². The second-order valence-electron chi connectivity index (χ2n) is 5.90. The molecule has 5 nitrogen and oxygen atoms in total. The summed E-state index contributed by atoms with van der Waals surface area (Å²) in [5.74, 6) is 0.692. The van der Waals surface area contributed by atoms with Gasteiger partial charge in [-0.3, -0.25) is 4.79 Å². The lowest BCUT2D eigenvalue weighted by Crippen LogP contribution is -2.29. The Balaban J connectivity index is 1.93. The lowest BCUT2D eigenvalue weighted by Gasteiger charge is -2.21. The van der Waals surface area contributed by atoms with Gasteiger partial charge in [0.2, 0.25) is 0 Å². The fourth-order valence-electron chi connectivity index (χ4n) is 2.85. The summed E-state index contributed by atoms with van der Waals surface area (Å²) < 4.78 is 0. The summed E-state index contributed by atoms with van der Waals surface area (Å²) in [4.78, 5) is 17.8. The summed E-state index contributed by atoms with van der Waals surface area (Å²) >= 11 is 0. The first-order chi connectivity index (χ1) is 12.7. The van der Waals surface area contributed by atoms with Gasteiger partial charge in [0.1, 0.15) is 5.75 Å². The minimum absolute atomic E-state index is 0.200. The number of rotatable bonds is 5. The molecular formula is C21H18N2O3. The van der Waals surface area contributed by atoms with Crippen LogP contribution in [-0.2, 0) is 16.2 Å². The van der Waals surface area contributed by atoms with Crippen LogP contribution in [0.1, 0.15) is 23.6 Å². The summed E-state index contributed by atoms with van der Waals surface area (Å²) in [6, 6.07) is 15.6. The molecule has 0 saturated heterocycles. The lowest BCUT2D eigenvalue weighted by atomic mass is 10.0. The van der Waals surface area contributed by atoms with Crippen LogP contribution in [0, 0.1) is 11.3 Å². The summed E-state index contributed by atoms with van der Waals surface area (Å²) in [7, 11) is 0. The van der Waals surface area contributed by atoms with Crippen LogP contribution >= 0.6 is 0 Å². The molecule has 0 aliphatic carbocycles. The van der Waals surface area contributed by atoms with Crippen molar-refractivity contribution in [2.75, 3.05) is 0 Å². The van der Waals surface area contributed by atoms with Crippen LogP contribution in [0.2, 0.25) is 0 Å². The van der Waals surface area contributed by atoms with Crippen LogP contribution in [-0.4, -0.2) is 22.5 Å². The summed E-state index contributed by atoms with van der Waals surface area (Å²) in [5, 5.41) is 20.1. The predicted octanol–water partition coefficient (Wildman–Crippen LogP) is 3.57.